The Morgan fingerprint density at radius 3 is 2.15 bits per heavy atom. The van der Waals surface area contributed by atoms with Crippen molar-refractivity contribution >= 4 is 68.1 Å². The molecule has 0 saturated heterocycles. The molecule has 0 atom stereocenters. The molecule has 34 heavy (non-hydrogen) atoms. The zero-order valence-corrected chi connectivity index (χ0v) is 21.1. The molecule has 3 aromatic carbocycles. The Balaban J connectivity index is 1.97. The lowest BCUT2D eigenvalue weighted by atomic mass is 10.2. The molecule has 11 heteroatoms. The number of esters is 1. The van der Waals surface area contributed by atoms with Gasteiger partial charge in [0, 0.05) is 15.7 Å². The molecule has 0 aromatic heterocycles. The van der Waals surface area contributed by atoms with E-state index >= 15 is 0 Å². The molecule has 0 aliphatic carbocycles. The van der Waals surface area contributed by atoms with E-state index in [1.807, 2.05) is 6.92 Å². The minimum atomic E-state index is -4.16. The summed E-state index contributed by atoms with van der Waals surface area (Å²) in [5, 5.41) is 3.12. The number of amides is 1. The van der Waals surface area contributed by atoms with E-state index in [0.717, 1.165) is 9.87 Å². The van der Waals surface area contributed by atoms with Crippen molar-refractivity contribution in [2.75, 3.05) is 23.3 Å². The van der Waals surface area contributed by atoms with Crippen LogP contribution in [0.5, 0.6) is 0 Å². The Labute approximate surface area is 212 Å². The average Bonchev–Trinajstić information content (AvgIpc) is 2.77. The number of halogens is 3. The summed E-state index contributed by atoms with van der Waals surface area (Å²) >= 11 is 18.2. The molecular weight excluding hydrogens is 523 g/mol. The number of sulfonamides is 1. The fraction of sp³-hybridized carbons (Fsp3) is 0.130. The SMILES string of the molecule is COC(=O)c1cc(NC(=O)CN(c2cc(Cl)cc(Cl)c2)S(=O)(=O)c2ccc(C)cc2)ccc1Cl. The Hall–Kier alpha value is -2.78. The molecule has 1 amide bonds. The average molecular weight is 542 g/mol. The first kappa shape index (κ1) is 25.8. The molecule has 0 bridgehead atoms. The smallest absolute Gasteiger partial charge is 0.339 e. The first-order valence-electron chi connectivity index (χ1n) is 9.74. The molecule has 178 valence electrons. The van der Waals surface area contributed by atoms with Crippen molar-refractivity contribution in [1.29, 1.82) is 0 Å². The standard InChI is InChI=1S/C23H19Cl3N2O5S/c1-14-3-6-19(7-4-14)34(31,32)28(18-10-15(24)9-16(25)11-18)13-22(29)27-17-5-8-21(26)20(12-17)23(30)33-2/h3-12H,13H2,1-2H3,(H,27,29). The molecule has 3 rings (SSSR count). The Kier molecular flexibility index (Phi) is 8.09. The predicted molar refractivity (Wildman–Crippen MR) is 134 cm³/mol. The van der Waals surface area contributed by atoms with Gasteiger partial charge < -0.3 is 10.1 Å². The van der Waals surface area contributed by atoms with Gasteiger partial charge in [0.2, 0.25) is 5.91 Å². The second-order valence-electron chi connectivity index (χ2n) is 7.19. The van der Waals surface area contributed by atoms with Crippen LogP contribution < -0.4 is 9.62 Å². The third kappa shape index (κ3) is 6.01. The van der Waals surface area contributed by atoms with Crippen molar-refractivity contribution in [2.45, 2.75) is 11.8 Å². The summed E-state index contributed by atoms with van der Waals surface area (Å²) in [7, 11) is -2.96. The van der Waals surface area contributed by atoms with Crippen LogP contribution in [0.3, 0.4) is 0 Å². The number of benzene rings is 3. The maximum atomic E-state index is 13.5. The van der Waals surface area contributed by atoms with E-state index in [9.17, 15) is 18.0 Å². The third-order valence-corrected chi connectivity index (χ3v) is 7.24. The van der Waals surface area contributed by atoms with Crippen molar-refractivity contribution < 1.29 is 22.7 Å². The number of hydrogen-bond donors (Lipinski definition) is 1. The molecule has 0 saturated carbocycles. The van der Waals surface area contributed by atoms with Crippen molar-refractivity contribution in [3.05, 3.63) is 86.9 Å². The summed E-state index contributed by atoms with van der Waals surface area (Å²) in [4.78, 5) is 24.8. The highest BCUT2D eigenvalue weighted by molar-refractivity contribution is 7.92. The summed E-state index contributed by atoms with van der Waals surface area (Å²) in [6.45, 7) is 1.23. The second kappa shape index (κ2) is 10.7. The summed E-state index contributed by atoms with van der Waals surface area (Å²) < 4.78 is 32.5. The van der Waals surface area contributed by atoms with Gasteiger partial charge in [-0.2, -0.15) is 0 Å². The van der Waals surface area contributed by atoms with Gasteiger partial charge in [0.15, 0.2) is 0 Å². The lowest BCUT2D eigenvalue weighted by molar-refractivity contribution is -0.114. The van der Waals surface area contributed by atoms with E-state index in [4.69, 9.17) is 34.8 Å². The highest BCUT2D eigenvalue weighted by Gasteiger charge is 2.28. The molecule has 0 unspecified atom stereocenters. The van der Waals surface area contributed by atoms with Crippen molar-refractivity contribution in [2.24, 2.45) is 0 Å². The molecule has 0 aliphatic rings. The lowest BCUT2D eigenvalue weighted by Gasteiger charge is -2.24. The van der Waals surface area contributed by atoms with Crippen molar-refractivity contribution in [1.82, 2.24) is 0 Å². The van der Waals surface area contributed by atoms with E-state index in [1.165, 1.54) is 55.6 Å². The topological polar surface area (TPSA) is 92.8 Å². The molecule has 0 heterocycles. The van der Waals surface area contributed by atoms with Gasteiger partial charge in [0.25, 0.3) is 10.0 Å². The van der Waals surface area contributed by atoms with Crippen LogP contribution in [0.25, 0.3) is 0 Å². The second-order valence-corrected chi connectivity index (χ2v) is 10.3. The molecule has 7 nitrogen and oxygen atoms in total. The van der Waals surface area contributed by atoms with Gasteiger partial charge in [-0.05, 0) is 55.5 Å². The number of hydrogen-bond acceptors (Lipinski definition) is 5. The van der Waals surface area contributed by atoms with Crippen LogP contribution in [0.4, 0.5) is 11.4 Å². The Morgan fingerprint density at radius 2 is 1.56 bits per heavy atom. The zero-order valence-electron chi connectivity index (χ0n) is 18.0. The predicted octanol–water partition coefficient (Wildman–Crippen LogP) is 5.58. The summed E-state index contributed by atoms with van der Waals surface area (Å²) in [5.74, 6) is -1.36. The third-order valence-electron chi connectivity index (χ3n) is 4.69. The van der Waals surface area contributed by atoms with Crippen LogP contribution in [-0.2, 0) is 19.6 Å². The van der Waals surface area contributed by atoms with Crippen LogP contribution in [0, 0.1) is 6.92 Å². The van der Waals surface area contributed by atoms with Crippen molar-refractivity contribution in [3.8, 4) is 0 Å². The number of methoxy groups -OCH3 is 1. The number of nitrogens with one attached hydrogen (secondary N) is 1. The van der Waals surface area contributed by atoms with Crippen LogP contribution in [-0.4, -0.2) is 33.9 Å². The van der Waals surface area contributed by atoms with Crippen molar-refractivity contribution in [3.63, 3.8) is 0 Å². The van der Waals surface area contributed by atoms with Gasteiger partial charge in [-0.1, -0.05) is 52.5 Å². The van der Waals surface area contributed by atoms with E-state index in [-0.39, 0.29) is 36.9 Å². The van der Waals surface area contributed by atoms with E-state index in [2.05, 4.69) is 10.1 Å². The monoisotopic (exact) mass is 540 g/mol. The van der Waals surface area contributed by atoms with Crippen LogP contribution in [0.1, 0.15) is 15.9 Å². The van der Waals surface area contributed by atoms with Gasteiger partial charge in [0.05, 0.1) is 28.3 Å². The highest BCUT2D eigenvalue weighted by Crippen LogP contribution is 2.30. The number of carbonyl (C=O) groups is 2. The lowest BCUT2D eigenvalue weighted by Crippen LogP contribution is -2.38. The maximum Gasteiger partial charge on any atom is 0.339 e. The minimum Gasteiger partial charge on any atom is -0.465 e. The number of anilines is 2. The Bertz CT molecular complexity index is 1320. The van der Waals surface area contributed by atoms with E-state index < -0.39 is 28.4 Å². The highest BCUT2D eigenvalue weighted by atomic mass is 35.5. The van der Waals surface area contributed by atoms with Gasteiger partial charge in [-0.15, -0.1) is 0 Å². The number of rotatable bonds is 7. The minimum absolute atomic E-state index is 0.0125. The maximum absolute atomic E-state index is 13.5. The van der Waals surface area contributed by atoms with Crippen LogP contribution in [0.2, 0.25) is 15.1 Å². The summed E-state index contributed by atoms with van der Waals surface area (Å²) in [6.07, 6.45) is 0. The molecule has 0 spiro atoms. The first-order chi connectivity index (χ1) is 16.0. The van der Waals surface area contributed by atoms with Gasteiger partial charge in [-0.25, -0.2) is 13.2 Å². The van der Waals surface area contributed by atoms with E-state index in [1.54, 1.807) is 12.1 Å². The fourth-order valence-corrected chi connectivity index (χ4v) is 5.15. The molecule has 3 aromatic rings. The number of nitrogens with zero attached hydrogens (tertiary/aromatic N) is 1. The number of ether oxygens (including phenoxy) is 1. The largest absolute Gasteiger partial charge is 0.465 e. The quantitative estimate of drug-likeness (QED) is 0.395. The normalized spacial score (nSPS) is 11.1. The molecule has 0 aliphatic heterocycles. The summed E-state index contributed by atoms with van der Waals surface area (Å²) in [6, 6.07) is 14.7. The molecule has 1 N–H and O–H groups in total. The molecule has 0 radical (unpaired) electrons. The van der Waals surface area contributed by atoms with Crippen LogP contribution in [0.15, 0.2) is 65.6 Å². The molecular formula is C23H19Cl3N2O5S. The van der Waals surface area contributed by atoms with Gasteiger partial charge in [0.1, 0.15) is 6.54 Å². The summed E-state index contributed by atoms with van der Waals surface area (Å²) in [5.41, 5.74) is 1.26. The van der Waals surface area contributed by atoms with Gasteiger partial charge >= 0.3 is 5.97 Å². The zero-order chi connectivity index (χ0) is 25.0. The first-order valence-corrected chi connectivity index (χ1v) is 12.3. The van der Waals surface area contributed by atoms with Gasteiger partial charge in [-0.3, -0.25) is 9.10 Å². The van der Waals surface area contributed by atoms with Crippen LogP contribution >= 0.6 is 34.8 Å². The number of carbonyl (C=O) groups excluding carboxylic acids is 2. The van der Waals surface area contributed by atoms with E-state index in [0.29, 0.717) is 0 Å². The molecule has 0 fully saturated rings. The number of aryl methyl sites for hydroxylation is 1. The Morgan fingerprint density at radius 1 is 0.941 bits per heavy atom. The fourth-order valence-electron chi connectivity index (χ4n) is 3.04.